The first-order chi connectivity index (χ1) is 31.2. The number of nitro groups is 1. The number of aliphatic hydroxyl groups is 2. The largest absolute Gasteiger partial charge is 0.459 e. The van der Waals surface area contributed by atoms with Crippen LogP contribution in [0, 0.1) is 27.9 Å². The van der Waals surface area contributed by atoms with Crippen LogP contribution in [0.4, 0.5) is 5.69 Å². The van der Waals surface area contributed by atoms with Crippen LogP contribution < -0.4 is 9.47 Å². The highest BCUT2D eigenvalue weighted by Crippen LogP contribution is 2.62. The molecule has 2 aromatic rings. The zero-order chi connectivity index (χ0) is 45.3. The van der Waals surface area contributed by atoms with Crippen LogP contribution in [0.5, 0.6) is 17.2 Å². The SMILES string of the molecule is C=CCOC12Oc3ccc(Oc4cccc([N+](=O)[O-])c4)cc3C3C(CCCCO)C(CCCCO)C=C(C(=NOC4CCCCO4)CC1N(C)C(=O)CCCCCCCCCCC)C32. The number of hydrogen-bond donors (Lipinski definition) is 2. The second kappa shape index (κ2) is 24.8. The molecule has 1 amide bonds. The fraction of sp³-hybridized carbons (Fsp3) is 0.647. The summed E-state index contributed by atoms with van der Waals surface area (Å²) in [4.78, 5) is 33.7. The van der Waals surface area contributed by atoms with E-state index in [9.17, 15) is 25.1 Å². The number of fused-ring (bicyclic) bond motifs is 2. The molecule has 7 unspecified atom stereocenters. The first kappa shape index (κ1) is 49.1. The predicted molar refractivity (Wildman–Crippen MR) is 247 cm³/mol. The van der Waals surface area contributed by atoms with Crippen LogP contribution in [0.3, 0.4) is 0 Å². The first-order valence-corrected chi connectivity index (χ1v) is 24.3. The molecule has 2 aliphatic carbocycles. The number of non-ortho nitro benzene ring substituents is 1. The van der Waals surface area contributed by atoms with E-state index in [1.54, 1.807) is 24.3 Å². The molecular weight excluding hydrogens is 815 g/mol. The minimum Gasteiger partial charge on any atom is -0.459 e. The monoisotopic (exact) mass is 888 g/mol. The Labute approximate surface area is 380 Å². The maximum atomic E-state index is 14.5. The number of amides is 1. The minimum absolute atomic E-state index is 0.0154. The molecule has 1 saturated heterocycles. The normalized spacial score (nSPS) is 25.4. The van der Waals surface area contributed by atoms with Gasteiger partial charge in [-0.1, -0.05) is 94.5 Å². The van der Waals surface area contributed by atoms with Crippen molar-refractivity contribution in [3.63, 3.8) is 0 Å². The van der Waals surface area contributed by atoms with E-state index in [1.165, 1.54) is 50.7 Å². The Balaban J connectivity index is 1.44. The van der Waals surface area contributed by atoms with Crippen molar-refractivity contribution < 1.29 is 43.7 Å². The Morgan fingerprint density at radius 1 is 0.969 bits per heavy atom. The van der Waals surface area contributed by atoms with Gasteiger partial charge in [0.2, 0.25) is 18.0 Å². The topological polar surface area (TPSA) is 162 Å². The number of oxime groups is 1. The summed E-state index contributed by atoms with van der Waals surface area (Å²) in [6, 6.07) is 11.2. The number of aliphatic hydroxyl groups excluding tert-OH is 2. The second-order valence-corrected chi connectivity index (χ2v) is 18.1. The lowest BCUT2D eigenvalue weighted by Crippen LogP contribution is -2.69. The van der Waals surface area contributed by atoms with Crippen molar-refractivity contribution >= 4 is 17.3 Å². The van der Waals surface area contributed by atoms with Crippen molar-refractivity contribution in [1.82, 2.24) is 4.90 Å². The molecule has 2 aromatic carbocycles. The van der Waals surface area contributed by atoms with E-state index in [0.717, 1.165) is 81.1 Å². The highest BCUT2D eigenvalue weighted by molar-refractivity contribution is 6.03. The molecule has 13 heteroatoms. The molecule has 7 atom stereocenters. The molecule has 352 valence electrons. The summed E-state index contributed by atoms with van der Waals surface area (Å²) < 4.78 is 26.7. The third kappa shape index (κ3) is 12.3. The van der Waals surface area contributed by atoms with Crippen LogP contribution in [0.15, 0.2) is 71.9 Å². The van der Waals surface area contributed by atoms with Crippen LogP contribution in [-0.4, -0.2) is 83.2 Å². The zero-order valence-corrected chi connectivity index (χ0v) is 38.3. The summed E-state index contributed by atoms with van der Waals surface area (Å²) in [5.41, 5.74) is 2.51. The van der Waals surface area contributed by atoms with E-state index in [0.29, 0.717) is 49.5 Å². The fourth-order valence-corrected chi connectivity index (χ4v) is 10.4. The summed E-state index contributed by atoms with van der Waals surface area (Å²) in [6.07, 6.45) is 21.9. The molecule has 6 rings (SSSR count). The predicted octanol–water partition coefficient (Wildman–Crippen LogP) is 10.9. The highest BCUT2D eigenvalue weighted by atomic mass is 16.8. The summed E-state index contributed by atoms with van der Waals surface area (Å²) in [7, 11) is 1.86. The average molecular weight is 888 g/mol. The van der Waals surface area contributed by atoms with Crippen LogP contribution in [-0.2, 0) is 19.1 Å². The van der Waals surface area contributed by atoms with Crippen molar-refractivity contribution in [2.75, 3.05) is 33.5 Å². The molecular formula is C51H73N3O10. The summed E-state index contributed by atoms with van der Waals surface area (Å²) in [5, 5.41) is 36.5. The minimum atomic E-state index is -1.35. The number of ether oxygens (including phenoxy) is 4. The number of rotatable bonds is 27. The third-order valence-electron chi connectivity index (χ3n) is 13.7. The second-order valence-electron chi connectivity index (χ2n) is 18.1. The first-order valence-electron chi connectivity index (χ1n) is 24.3. The van der Waals surface area contributed by atoms with E-state index in [4.69, 9.17) is 28.9 Å². The molecule has 2 fully saturated rings. The van der Waals surface area contributed by atoms with Gasteiger partial charge in [-0.15, -0.1) is 6.58 Å². The number of nitro benzene ring substituents is 1. The van der Waals surface area contributed by atoms with E-state index in [1.807, 2.05) is 24.1 Å². The van der Waals surface area contributed by atoms with Gasteiger partial charge in [0.1, 0.15) is 23.3 Å². The summed E-state index contributed by atoms with van der Waals surface area (Å²) in [5.74, 6) is -0.501. The molecule has 64 heavy (non-hydrogen) atoms. The van der Waals surface area contributed by atoms with Gasteiger partial charge in [-0.2, -0.15) is 0 Å². The van der Waals surface area contributed by atoms with E-state index >= 15 is 0 Å². The number of allylic oxidation sites excluding steroid dienone is 1. The molecule has 0 radical (unpaired) electrons. The highest BCUT2D eigenvalue weighted by Gasteiger charge is 2.65. The Hall–Kier alpha value is -4.30. The van der Waals surface area contributed by atoms with E-state index in [-0.39, 0.29) is 49.2 Å². The number of likely N-dealkylation sites (N-methyl/N-ethyl adjacent to an activating group) is 1. The smallest absolute Gasteiger partial charge is 0.273 e. The van der Waals surface area contributed by atoms with Crippen molar-refractivity contribution in [3.8, 4) is 17.2 Å². The van der Waals surface area contributed by atoms with Crippen LogP contribution in [0.25, 0.3) is 0 Å². The molecule has 0 spiro atoms. The quantitative estimate of drug-likeness (QED) is 0.0382. The molecule has 1 saturated carbocycles. The molecule has 2 aliphatic heterocycles. The molecule has 2 heterocycles. The number of nitrogens with zero attached hydrogens (tertiary/aromatic N) is 3. The van der Waals surface area contributed by atoms with E-state index in [2.05, 4.69) is 19.6 Å². The van der Waals surface area contributed by atoms with Gasteiger partial charge in [0, 0.05) is 57.1 Å². The lowest BCUT2D eigenvalue weighted by atomic mass is 9.55. The van der Waals surface area contributed by atoms with Crippen LogP contribution >= 0.6 is 0 Å². The lowest BCUT2D eigenvalue weighted by Gasteiger charge is -2.59. The molecule has 4 aliphatic rings. The standard InChI is InChI=1S/C51H73N3O10/c1-4-6-7-8-9-10-11-12-13-25-47(57)53(3)46-36-44(52-64-48-26-16-19-32-60-48)42-33-37(21-14-17-29-55)41(24-15-18-30-56)49-43-35-40(62-39-23-20-22-38(34-39)54(58)59)27-28-45(43)63-51(46,50(42)49)61-31-5-2/h5,20,22-23,27-28,33-35,37,41,46,48-50,55-56H,2,4,6-19,21,24-26,29-32,36H2,1,3H3. The van der Waals surface area contributed by atoms with Crippen LogP contribution in [0.2, 0.25) is 0 Å². The molecule has 2 N–H and O–H groups in total. The average Bonchev–Trinajstić information content (AvgIpc) is 3.31. The van der Waals surface area contributed by atoms with Gasteiger partial charge in [0.15, 0.2) is 0 Å². The van der Waals surface area contributed by atoms with Gasteiger partial charge >= 0.3 is 0 Å². The maximum absolute atomic E-state index is 14.5. The Morgan fingerprint density at radius 2 is 1.70 bits per heavy atom. The van der Waals surface area contributed by atoms with Gasteiger partial charge in [0.25, 0.3) is 5.69 Å². The van der Waals surface area contributed by atoms with Gasteiger partial charge in [-0.3, -0.25) is 14.9 Å². The fourth-order valence-electron chi connectivity index (χ4n) is 10.4. The Kier molecular flexibility index (Phi) is 19.1. The summed E-state index contributed by atoms with van der Waals surface area (Å²) >= 11 is 0. The Morgan fingerprint density at radius 3 is 2.41 bits per heavy atom. The van der Waals surface area contributed by atoms with Crippen LogP contribution in [0.1, 0.15) is 147 Å². The summed E-state index contributed by atoms with van der Waals surface area (Å²) in [6.45, 7) is 7.22. The van der Waals surface area contributed by atoms with Crippen molar-refractivity contribution in [3.05, 3.63) is 82.4 Å². The zero-order valence-electron chi connectivity index (χ0n) is 38.3. The number of hydrogen-bond acceptors (Lipinski definition) is 11. The number of carbonyl (C=O) groups excluding carboxylic acids is 1. The molecule has 0 aromatic heterocycles. The van der Waals surface area contributed by atoms with Gasteiger partial charge in [-0.25, -0.2) is 0 Å². The van der Waals surface area contributed by atoms with Crippen molar-refractivity contribution in [2.24, 2.45) is 22.9 Å². The number of benzene rings is 2. The molecule has 0 bridgehead atoms. The number of unbranched alkanes of at least 4 members (excludes halogenated alkanes) is 10. The van der Waals surface area contributed by atoms with E-state index < -0.39 is 29.0 Å². The third-order valence-corrected chi connectivity index (χ3v) is 13.7. The Bertz CT molecular complexity index is 1880. The molecule has 13 nitrogen and oxygen atoms in total. The van der Waals surface area contributed by atoms with Crippen molar-refractivity contribution in [1.29, 1.82) is 0 Å². The van der Waals surface area contributed by atoms with Gasteiger partial charge in [-0.05, 0) is 86.6 Å². The lowest BCUT2D eigenvalue weighted by molar-refractivity contribution is -0.384. The maximum Gasteiger partial charge on any atom is 0.273 e. The van der Waals surface area contributed by atoms with Gasteiger partial charge < -0.3 is 38.9 Å². The number of carbonyl (C=O) groups is 1. The van der Waals surface area contributed by atoms with Crippen molar-refractivity contribution in [2.45, 2.75) is 159 Å². The van der Waals surface area contributed by atoms with Gasteiger partial charge in [0.05, 0.1) is 35.8 Å².